The van der Waals surface area contributed by atoms with Gasteiger partial charge in [-0.25, -0.2) is 8.42 Å². The van der Waals surface area contributed by atoms with Crippen molar-refractivity contribution in [2.75, 3.05) is 17.1 Å². The minimum atomic E-state index is -3.14. The molecule has 0 N–H and O–H groups in total. The number of hydrogen-bond donors (Lipinski definition) is 0. The van der Waals surface area contributed by atoms with E-state index >= 15 is 0 Å². The predicted molar refractivity (Wildman–Crippen MR) is 66.3 cm³/mol. The normalized spacial score (nSPS) is 16.0. The first-order valence-corrected chi connectivity index (χ1v) is 7.47. The molecule has 88 valence electrons. The number of hydrogen-bond acceptors (Lipinski definition) is 2. The van der Waals surface area contributed by atoms with E-state index in [1.54, 1.807) is 4.31 Å². The fraction of sp³-hybridized carbons (Fsp3) is 0.500. The molecule has 4 heteroatoms. The smallest absolute Gasteiger partial charge is 0.232 e. The van der Waals surface area contributed by atoms with E-state index in [2.05, 4.69) is 6.92 Å². The van der Waals surface area contributed by atoms with E-state index in [0.29, 0.717) is 6.54 Å². The van der Waals surface area contributed by atoms with Crippen molar-refractivity contribution in [1.29, 1.82) is 0 Å². The maximum absolute atomic E-state index is 11.7. The van der Waals surface area contributed by atoms with Crippen LogP contribution in [0.3, 0.4) is 0 Å². The van der Waals surface area contributed by atoms with Crippen LogP contribution in [0.15, 0.2) is 18.2 Å². The molecule has 0 radical (unpaired) electrons. The standard InChI is InChI=1S/C12H17NO2S/c1-3-10-6-4-7-11-8-5-9-13(12(10)11)16(2,14)15/h4,6-7H,3,5,8-9H2,1-2H3. The molecule has 16 heavy (non-hydrogen) atoms. The fourth-order valence-corrected chi connectivity index (χ4v) is 3.34. The second-order valence-electron chi connectivity index (χ2n) is 4.22. The molecule has 0 bridgehead atoms. The highest BCUT2D eigenvalue weighted by Crippen LogP contribution is 2.32. The molecule has 0 unspecified atom stereocenters. The molecule has 0 saturated carbocycles. The number of rotatable bonds is 2. The van der Waals surface area contributed by atoms with Crippen LogP contribution >= 0.6 is 0 Å². The zero-order valence-corrected chi connectivity index (χ0v) is 10.5. The summed E-state index contributed by atoms with van der Waals surface area (Å²) in [5.41, 5.74) is 3.22. The van der Waals surface area contributed by atoms with Gasteiger partial charge in [-0.2, -0.15) is 0 Å². The first-order chi connectivity index (χ1) is 7.54. The molecule has 0 spiro atoms. The number of anilines is 1. The summed E-state index contributed by atoms with van der Waals surface area (Å²) >= 11 is 0. The SMILES string of the molecule is CCc1cccc2c1N(S(C)(=O)=O)CCC2. The Hall–Kier alpha value is -1.03. The number of sulfonamides is 1. The van der Waals surface area contributed by atoms with Gasteiger partial charge < -0.3 is 0 Å². The van der Waals surface area contributed by atoms with Crippen LogP contribution in [0.4, 0.5) is 5.69 Å². The summed E-state index contributed by atoms with van der Waals surface area (Å²) < 4.78 is 25.0. The van der Waals surface area contributed by atoms with Crippen LogP contribution < -0.4 is 4.31 Å². The van der Waals surface area contributed by atoms with Crippen LogP contribution in [-0.2, 0) is 22.9 Å². The van der Waals surface area contributed by atoms with E-state index in [0.717, 1.165) is 36.1 Å². The van der Waals surface area contributed by atoms with E-state index in [-0.39, 0.29) is 0 Å². The molecule has 1 aromatic rings. The Bertz CT molecular complexity index is 479. The van der Waals surface area contributed by atoms with Crippen molar-refractivity contribution in [3.8, 4) is 0 Å². The van der Waals surface area contributed by atoms with Crippen molar-refractivity contribution < 1.29 is 8.42 Å². The lowest BCUT2D eigenvalue weighted by Crippen LogP contribution is -2.35. The summed E-state index contributed by atoms with van der Waals surface area (Å²) in [4.78, 5) is 0. The molecular formula is C12H17NO2S. The van der Waals surface area contributed by atoms with Crippen molar-refractivity contribution in [2.24, 2.45) is 0 Å². The Balaban J connectivity index is 2.60. The predicted octanol–water partition coefficient (Wildman–Crippen LogP) is 1.96. The first kappa shape index (κ1) is 11.5. The molecule has 0 fully saturated rings. The largest absolute Gasteiger partial charge is 0.270 e. The molecule has 3 nitrogen and oxygen atoms in total. The van der Waals surface area contributed by atoms with Crippen molar-refractivity contribution in [1.82, 2.24) is 0 Å². The van der Waals surface area contributed by atoms with Gasteiger partial charge in [-0.05, 0) is 30.4 Å². The van der Waals surface area contributed by atoms with E-state index in [1.165, 1.54) is 6.26 Å². The van der Waals surface area contributed by atoms with Gasteiger partial charge in [0.2, 0.25) is 10.0 Å². The summed E-state index contributed by atoms with van der Waals surface area (Å²) in [6.07, 6.45) is 4.05. The third-order valence-corrected chi connectivity index (χ3v) is 4.21. The average Bonchev–Trinajstić information content (AvgIpc) is 2.26. The highest BCUT2D eigenvalue weighted by atomic mass is 32.2. The summed E-state index contributed by atoms with van der Waals surface area (Å²) in [6.45, 7) is 2.67. The zero-order valence-electron chi connectivity index (χ0n) is 9.73. The molecular weight excluding hydrogens is 222 g/mol. The Morgan fingerprint density at radius 1 is 1.38 bits per heavy atom. The van der Waals surface area contributed by atoms with Crippen LogP contribution in [0.1, 0.15) is 24.5 Å². The fourth-order valence-electron chi connectivity index (χ4n) is 2.31. The van der Waals surface area contributed by atoms with Gasteiger partial charge >= 0.3 is 0 Å². The molecule has 1 aliphatic heterocycles. The lowest BCUT2D eigenvalue weighted by molar-refractivity contribution is 0.592. The first-order valence-electron chi connectivity index (χ1n) is 5.62. The van der Waals surface area contributed by atoms with E-state index < -0.39 is 10.0 Å². The number of para-hydroxylation sites is 1. The minimum Gasteiger partial charge on any atom is -0.270 e. The van der Waals surface area contributed by atoms with Gasteiger partial charge in [0.05, 0.1) is 11.9 Å². The van der Waals surface area contributed by atoms with Crippen LogP contribution in [0.25, 0.3) is 0 Å². The molecule has 1 heterocycles. The number of nitrogens with zero attached hydrogens (tertiary/aromatic N) is 1. The van der Waals surface area contributed by atoms with Crippen molar-refractivity contribution >= 4 is 15.7 Å². The van der Waals surface area contributed by atoms with Crippen LogP contribution in [0.5, 0.6) is 0 Å². The lowest BCUT2D eigenvalue weighted by atomic mass is 9.98. The van der Waals surface area contributed by atoms with Gasteiger partial charge in [0.15, 0.2) is 0 Å². The Morgan fingerprint density at radius 3 is 2.75 bits per heavy atom. The van der Waals surface area contributed by atoms with Gasteiger partial charge in [0.25, 0.3) is 0 Å². The van der Waals surface area contributed by atoms with Gasteiger partial charge in [-0.15, -0.1) is 0 Å². The van der Waals surface area contributed by atoms with Gasteiger partial charge in [0.1, 0.15) is 0 Å². The molecule has 0 atom stereocenters. The maximum atomic E-state index is 11.7. The Labute approximate surface area is 97.1 Å². The van der Waals surface area contributed by atoms with Gasteiger partial charge in [-0.3, -0.25) is 4.31 Å². The van der Waals surface area contributed by atoms with Crippen molar-refractivity contribution in [2.45, 2.75) is 26.2 Å². The molecule has 0 aliphatic carbocycles. The summed E-state index contributed by atoms with van der Waals surface area (Å²) in [7, 11) is -3.14. The van der Waals surface area contributed by atoms with Gasteiger partial charge in [0, 0.05) is 6.54 Å². The summed E-state index contributed by atoms with van der Waals surface area (Å²) in [5.74, 6) is 0. The second kappa shape index (κ2) is 4.09. The van der Waals surface area contributed by atoms with Crippen LogP contribution in [-0.4, -0.2) is 21.2 Å². The van der Waals surface area contributed by atoms with E-state index in [9.17, 15) is 8.42 Å². The average molecular weight is 239 g/mol. The quantitative estimate of drug-likeness (QED) is 0.791. The molecule has 0 amide bonds. The lowest BCUT2D eigenvalue weighted by Gasteiger charge is -2.31. The third kappa shape index (κ3) is 1.94. The third-order valence-electron chi connectivity index (χ3n) is 3.04. The molecule has 1 aromatic carbocycles. The number of fused-ring (bicyclic) bond motifs is 1. The Kier molecular flexibility index (Phi) is 2.93. The number of benzene rings is 1. The van der Waals surface area contributed by atoms with Crippen molar-refractivity contribution in [3.05, 3.63) is 29.3 Å². The van der Waals surface area contributed by atoms with Crippen molar-refractivity contribution in [3.63, 3.8) is 0 Å². The number of aryl methyl sites for hydroxylation is 2. The summed E-state index contributed by atoms with van der Waals surface area (Å²) in [6, 6.07) is 6.07. The topological polar surface area (TPSA) is 37.4 Å². The second-order valence-corrected chi connectivity index (χ2v) is 6.12. The monoisotopic (exact) mass is 239 g/mol. The van der Waals surface area contributed by atoms with Crippen LogP contribution in [0, 0.1) is 0 Å². The minimum absolute atomic E-state index is 0.614. The van der Waals surface area contributed by atoms with Gasteiger partial charge in [-0.1, -0.05) is 25.1 Å². The Morgan fingerprint density at radius 2 is 2.12 bits per heavy atom. The molecule has 1 aliphatic rings. The van der Waals surface area contributed by atoms with E-state index in [1.807, 2.05) is 18.2 Å². The summed E-state index contributed by atoms with van der Waals surface area (Å²) in [5, 5.41) is 0. The zero-order chi connectivity index (χ0) is 11.8. The highest BCUT2D eigenvalue weighted by molar-refractivity contribution is 7.92. The van der Waals surface area contributed by atoms with Crippen LogP contribution in [0.2, 0.25) is 0 Å². The molecule has 2 rings (SSSR count). The molecule has 0 aromatic heterocycles. The maximum Gasteiger partial charge on any atom is 0.232 e. The molecule has 0 saturated heterocycles. The van der Waals surface area contributed by atoms with E-state index in [4.69, 9.17) is 0 Å². The highest BCUT2D eigenvalue weighted by Gasteiger charge is 2.25.